The van der Waals surface area contributed by atoms with Crippen molar-refractivity contribution < 1.29 is 41.9 Å². The third-order valence-corrected chi connectivity index (χ3v) is 11.2. The second-order valence-corrected chi connectivity index (χ2v) is 15.2. The number of piperidine rings is 2. The average Bonchev–Trinajstić information content (AvgIpc) is 3.44. The number of amides is 5. The lowest BCUT2D eigenvalue weighted by Crippen LogP contribution is -2.54. The van der Waals surface area contributed by atoms with Crippen molar-refractivity contribution in [3.63, 3.8) is 0 Å². The highest BCUT2D eigenvalue weighted by molar-refractivity contribution is 6.23. The van der Waals surface area contributed by atoms with Crippen LogP contribution in [0.25, 0.3) is 10.9 Å². The van der Waals surface area contributed by atoms with Crippen molar-refractivity contribution in [3.05, 3.63) is 82.2 Å². The lowest BCUT2D eigenvalue weighted by atomic mass is 9.87. The lowest BCUT2D eigenvalue weighted by Gasteiger charge is -2.33. The number of methoxy groups -OCH3 is 1. The Morgan fingerprint density at radius 1 is 0.983 bits per heavy atom. The van der Waals surface area contributed by atoms with E-state index in [1.165, 1.54) is 6.07 Å². The molecule has 59 heavy (non-hydrogen) atoms. The maximum absolute atomic E-state index is 13.5. The van der Waals surface area contributed by atoms with Gasteiger partial charge in [-0.15, -0.1) is 0 Å². The fourth-order valence-electron chi connectivity index (χ4n) is 8.09. The summed E-state index contributed by atoms with van der Waals surface area (Å²) in [5.74, 6) is -0.493. The number of anilines is 3. The molecule has 3 aliphatic rings. The molecule has 1 aromatic heterocycles. The Morgan fingerprint density at radius 3 is 2.44 bits per heavy atom. The number of fused-ring (bicyclic) bond motifs is 2. The summed E-state index contributed by atoms with van der Waals surface area (Å²) >= 11 is 0. The van der Waals surface area contributed by atoms with Crippen molar-refractivity contribution in [2.75, 3.05) is 43.1 Å². The number of aryl methyl sites for hydroxylation is 1. The van der Waals surface area contributed by atoms with Crippen molar-refractivity contribution in [1.29, 1.82) is 0 Å². The molecule has 0 aliphatic carbocycles. The van der Waals surface area contributed by atoms with E-state index in [9.17, 15) is 37.1 Å². The molecule has 0 saturated carbocycles. The number of hydrogen-bond donors (Lipinski definition) is 4. The van der Waals surface area contributed by atoms with Gasteiger partial charge in [-0.2, -0.15) is 13.2 Å². The summed E-state index contributed by atoms with van der Waals surface area (Å²) in [7, 11) is 1.59. The molecule has 17 heteroatoms. The number of nitrogen functional groups attached to an aromatic ring is 1. The Balaban J connectivity index is 0.926. The molecular weight excluding hydrogens is 770 g/mol. The molecule has 0 spiro atoms. The fraction of sp³-hybridized carbons (Fsp3) is 0.405. The monoisotopic (exact) mass is 814 g/mol. The number of rotatable bonds is 12. The highest BCUT2D eigenvalue weighted by Crippen LogP contribution is 2.40. The number of nitrogens with zero attached hydrogens (tertiary/aromatic N) is 4. The first kappa shape index (κ1) is 40.9. The zero-order valence-electron chi connectivity index (χ0n) is 32.9. The van der Waals surface area contributed by atoms with Gasteiger partial charge in [-0.25, -0.2) is 9.97 Å². The molecule has 310 valence electrons. The molecule has 4 aromatic rings. The summed E-state index contributed by atoms with van der Waals surface area (Å²) < 4.78 is 46.4. The van der Waals surface area contributed by atoms with Crippen LogP contribution in [0.5, 0.6) is 5.75 Å². The van der Waals surface area contributed by atoms with Crippen LogP contribution in [-0.2, 0) is 20.6 Å². The molecule has 3 aromatic carbocycles. The number of nitrogens with one attached hydrogen (secondary N) is 3. The van der Waals surface area contributed by atoms with E-state index in [4.69, 9.17) is 10.5 Å². The molecule has 0 radical (unpaired) electrons. The van der Waals surface area contributed by atoms with Gasteiger partial charge >= 0.3 is 6.18 Å². The number of aromatic nitrogens is 2. The fourth-order valence-corrected chi connectivity index (χ4v) is 8.09. The Morgan fingerprint density at radius 2 is 1.73 bits per heavy atom. The van der Waals surface area contributed by atoms with E-state index in [0.717, 1.165) is 22.6 Å². The molecule has 2 saturated heterocycles. The molecular formula is C42H45F3N8O6. The number of hydrogen-bond acceptors (Lipinski definition) is 11. The number of benzene rings is 3. The van der Waals surface area contributed by atoms with Crippen LogP contribution in [0.4, 0.5) is 30.4 Å². The summed E-state index contributed by atoms with van der Waals surface area (Å²) in [6.07, 6.45) is -1.33. The van der Waals surface area contributed by atoms with Gasteiger partial charge in [-0.3, -0.25) is 34.2 Å². The third kappa shape index (κ3) is 8.64. The van der Waals surface area contributed by atoms with Crippen LogP contribution < -0.4 is 26.4 Å². The topological polar surface area (TPSA) is 189 Å². The van der Waals surface area contributed by atoms with Crippen molar-refractivity contribution >= 4 is 57.6 Å². The Kier molecular flexibility index (Phi) is 11.5. The number of nitrogens with two attached hydrogens (primary N) is 1. The standard InChI is InChI=1S/C42H45F3N8O6/c1-22(25-16-26(42(43,44)45)18-27(46)17-25)48-38-32-20-30(35(59-3)21-33(32)49-23(2)50-38)24-11-14-52(15-12-24)37(55)6-4-5-13-47-28-7-8-29-31(19-28)41(58)53(40(29)57)34-9-10-36(54)51-39(34)56/h7-8,16-22,24,34,47H,4-6,9-15,46H2,1-3H3,(H,48,49,50)(H,51,54,56)/t22-,34?/m1/s1. The van der Waals surface area contributed by atoms with Gasteiger partial charge < -0.3 is 26.0 Å². The summed E-state index contributed by atoms with van der Waals surface area (Å²) in [6, 6.07) is 10.6. The minimum Gasteiger partial charge on any atom is -0.496 e. The van der Waals surface area contributed by atoms with Gasteiger partial charge in [0, 0.05) is 55.3 Å². The molecule has 7 rings (SSSR count). The zero-order valence-corrected chi connectivity index (χ0v) is 32.9. The van der Waals surface area contributed by atoms with E-state index in [-0.39, 0.29) is 41.5 Å². The number of imide groups is 2. The molecule has 2 atom stereocenters. The molecule has 3 aliphatic heterocycles. The largest absolute Gasteiger partial charge is 0.496 e. The van der Waals surface area contributed by atoms with E-state index in [1.54, 1.807) is 39.2 Å². The number of ether oxygens (including phenoxy) is 1. The van der Waals surface area contributed by atoms with E-state index in [1.807, 2.05) is 17.0 Å². The third-order valence-electron chi connectivity index (χ3n) is 11.2. The van der Waals surface area contributed by atoms with Gasteiger partial charge in [0.2, 0.25) is 17.7 Å². The smallest absolute Gasteiger partial charge is 0.416 e. The van der Waals surface area contributed by atoms with Crippen LogP contribution in [-0.4, -0.2) is 82.1 Å². The van der Waals surface area contributed by atoms with Crippen LogP contribution >= 0.6 is 0 Å². The Hall–Kier alpha value is -6.26. The minimum atomic E-state index is -4.54. The van der Waals surface area contributed by atoms with Gasteiger partial charge in [-0.05, 0) is 105 Å². The van der Waals surface area contributed by atoms with E-state index in [2.05, 4.69) is 25.9 Å². The number of unbranched alkanes of at least 4 members (excludes halogenated alkanes) is 1. The van der Waals surface area contributed by atoms with E-state index < -0.39 is 47.5 Å². The summed E-state index contributed by atoms with van der Waals surface area (Å²) in [5, 5.41) is 9.42. The maximum Gasteiger partial charge on any atom is 0.416 e. The number of carbonyl (C=O) groups is 5. The van der Waals surface area contributed by atoms with E-state index in [0.29, 0.717) is 91.3 Å². The van der Waals surface area contributed by atoms with Gasteiger partial charge in [0.1, 0.15) is 23.4 Å². The predicted octanol–water partition coefficient (Wildman–Crippen LogP) is 6.11. The highest BCUT2D eigenvalue weighted by Gasteiger charge is 2.44. The van der Waals surface area contributed by atoms with Crippen molar-refractivity contribution in [2.24, 2.45) is 0 Å². The first-order valence-electron chi connectivity index (χ1n) is 19.6. The van der Waals surface area contributed by atoms with Crippen LogP contribution in [0.15, 0.2) is 48.5 Å². The molecule has 2 fully saturated rings. The molecule has 0 bridgehead atoms. The number of likely N-dealkylation sites (tertiary alicyclic amines) is 1. The van der Waals surface area contributed by atoms with Crippen LogP contribution in [0, 0.1) is 6.92 Å². The first-order valence-corrected chi connectivity index (χ1v) is 19.6. The second-order valence-electron chi connectivity index (χ2n) is 15.2. The Bertz CT molecular complexity index is 2350. The number of alkyl halides is 3. The number of halogens is 3. The lowest BCUT2D eigenvalue weighted by molar-refractivity contribution is -0.138. The van der Waals surface area contributed by atoms with Gasteiger partial charge in [0.15, 0.2) is 0 Å². The minimum absolute atomic E-state index is 0.0100. The highest BCUT2D eigenvalue weighted by atomic mass is 19.4. The predicted molar refractivity (Wildman–Crippen MR) is 213 cm³/mol. The zero-order chi connectivity index (χ0) is 42.2. The molecule has 5 amide bonds. The van der Waals surface area contributed by atoms with Gasteiger partial charge in [-0.1, -0.05) is 0 Å². The average molecular weight is 815 g/mol. The summed E-state index contributed by atoms with van der Waals surface area (Å²) in [4.78, 5) is 75.3. The van der Waals surface area contributed by atoms with Crippen molar-refractivity contribution in [2.45, 2.75) is 83.0 Å². The molecule has 1 unspecified atom stereocenters. The van der Waals surface area contributed by atoms with Gasteiger partial charge in [0.05, 0.1) is 35.4 Å². The van der Waals surface area contributed by atoms with E-state index >= 15 is 0 Å². The SMILES string of the molecule is COc1cc2nc(C)nc(N[C@H](C)c3cc(N)cc(C(F)(F)F)c3)c2cc1C1CCN(C(=O)CCCCNc2ccc3c(c2)C(=O)N(C2CCC(=O)NC2=O)C3=O)CC1. The second kappa shape index (κ2) is 16.5. The van der Waals surface area contributed by atoms with Crippen LogP contribution in [0.1, 0.15) is 107 Å². The summed E-state index contributed by atoms with van der Waals surface area (Å²) in [6.45, 7) is 5.13. The quantitative estimate of drug-likeness (QED) is 0.0734. The first-order chi connectivity index (χ1) is 28.1. The normalized spacial score (nSPS) is 17.9. The molecule has 5 N–H and O–H groups in total. The summed E-state index contributed by atoms with van der Waals surface area (Å²) in [5.41, 5.74) is 7.98. The van der Waals surface area contributed by atoms with Crippen LogP contribution in [0.2, 0.25) is 0 Å². The maximum atomic E-state index is 13.5. The Labute approximate surface area is 338 Å². The molecule has 4 heterocycles. The van der Waals surface area contributed by atoms with Crippen molar-refractivity contribution in [3.8, 4) is 5.75 Å². The van der Waals surface area contributed by atoms with Gasteiger partial charge in [0.25, 0.3) is 11.8 Å². The number of carbonyl (C=O) groups excluding carboxylic acids is 5. The molecule has 14 nitrogen and oxygen atoms in total. The van der Waals surface area contributed by atoms with Crippen LogP contribution in [0.3, 0.4) is 0 Å². The van der Waals surface area contributed by atoms with Crippen molar-refractivity contribution in [1.82, 2.24) is 25.1 Å².